The maximum absolute atomic E-state index is 12.4. The monoisotopic (exact) mass is 293 g/mol. The summed E-state index contributed by atoms with van der Waals surface area (Å²) in [4.78, 5) is 12.4. The van der Waals surface area contributed by atoms with Crippen LogP contribution in [-0.4, -0.2) is 33.4 Å². The first kappa shape index (κ1) is 16.0. The van der Waals surface area contributed by atoms with Crippen molar-refractivity contribution >= 4 is 5.91 Å². The van der Waals surface area contributed by atoms with E-state index in [1.807, 2.05) is 18.5 Å². The number of hydrogen-bond donors (Lipinski definition) is 2. The molecule has 2 unspecified atom stereocenters. The predicted molar refractivity (Wildman–Crippen MR) is 82.4 cm³/mol. The third-order valence-corrected chi connectivity index (χ3v) is 4.29. The van der Waals surface area contributed by atoms with Crippen LogP contribution in [0, 0.1) is 5.92 Å². The molecular weight excluding hydrogens is 266 g/mol. The molecule has 1 heterocycles. The summed E-state index contributed by atoms with van der Waals surface area (Å²) in [6.07, 6.45) is 4.43. The van der Waals surface area contributed by atoms with Crippen molar-refractivity contribution in [2.24, 2.45) is 5.92 Å². The van der Waals surface area contributed by atoms with E-state index in [0.29, 0.717) is 17.5 Å². The summed E-state index contributed by atoms with van der Waals surface area (Å²) in [6.45, 7) is 8.42. The van der Waals surface area contributed by atoms with Crippen LogP contribution in [0.15, 0.2) is 6.20 Å². The van der Waals surface area contributed by atoms with E-state index in [9.17, 15) is 9.90 Å². The minimum absolute atomic E-state index is 0.119. The largest absolute Gasteiger partial charge is 0.391 e. The van der Waals surface area contributed by atoms with Gasteiger partial charge < -0.3 is 10.4 Å². The van der Waals surface area contributed by atoms with Crippen molar-refractivity contribution < 1.29 is 9.90 Å². The summed E-state index contributed by atoms with van der Waals surface area (Å²) >= 11 is 0. The lowest BCUT2D eigenvalue weighted by Crippen LogP contribution is -2.35. The van der Waals surface area contributed by atoms with E-state index in [4.69, 9.17) is 0 Å². The fourth-order valence-electron chi connectivity index (χ4n) is 2.36. The molecule has 0 saturated heterocycles. The van der Waals surface area contributed by atoms with Gasteiger partial charge in [-0.25, -0.2) is 0 Å². The Bertz CT molecular complexity index is 492. The van der Waals surface area contributed by atoms with E-state index >= 15 is 0 Å². The van der Waals surface area contributed by atoms with E-state index in [-0.39, 0.29) is 18.4 Å². The van der Waals surface area contributed by atoms with Crippen LogP contribution in [0.5, 0.6) is 0 Å². The van der Waals surface area contributed by atoms with Crippen LogP contribution >= 0.6 is 0 Å². The van der Waals surface area contributed by atoms with Gasteiger partial charge in [0, 0.05) is 18.5 Å². The van der Waals surface area contributed by atoms with Gasteiger partial charge >= 0.3 is 0 Å². The maximum Gasteiger partial charge on any atom is 0.254 e. The van der Waals surface area contributed by atoms with Gasteiger partial charge in [0.05, 0.1) is 23.6 Å². The van der Waals surface area contributed by atoms with Crippen molar-refractivity contribution in [2.45, 2.75) is 65.0 Å². The number of aliphatic hydroxyl groups is 1. The molecule has 5 nitrogen and oxygen atoms in total. The summed E-state index contributed by atoms with van der Waals surface area (Å²) < 4.78 is 2.01. The van der Waals surface area contributed by atoms with Crippen molar-refractivity contribution in [3.63, 3.8) is 0 Å². The van der Waals surface area contributed by atoms with Gasteiger partial charge in [-0.2, -0.15) is 5.10 Å². The topological polar surface area (TPSA) is 67.2 Å². The number of carbonyl (C=O) groups excluding carboxylic acids is 1. The third-order valence-electron chi connectivity index (χ3n) is 4.29. The number of nitrogens with zero attached hydrogens (tertiary/aromatic N) is 2. The summed E-state index contributed by atoms with van der Waals surface area (Å²) in [6, 6.07) is 0.309. The average molecular weight is 293 g/mol. The highest BCUT2D eigenvalue weighted by molar-refractivity contribution is 5.95. The molecule has 0 spiro atoms. The first-order valence-electron chi connectivity index (χ1n) is 7.99. The Balaban J connectivity index is 2.12. The Morgan fingerprint density at radius 1 is 1.48 bits per heavy atom. The number of nitrogens with one attached hydrogen (secondary N) is 1. The highest BCUT2D eigenvalue weighted by Crippen LogP contribution is 2.42. The number of aliphatic hydroxyl groups excluding tert-OH is 1. The highest BCUT2D eigenvalue weighted by Gasteiger charge is 2.33. The van der Waals surface area contributed by atoms with E-state index in [1.54, 1.807) is 6.20 Å². The smallest absolute Gasteiger partial charge is 0.254 e. The van der Waals surface area contributed by atoms with Crippen molar-refractivity contribution in [3.8, 4) is 0 Å². The highest BCUT2D eigenvalue weighted by atomic mass is 16.3. The summed E-state index contributed by atoms with van der Waals surface area (Å²) in [7, 11) is 0. The van der Waals surface area contributed by atoms with Crippen molar-refractivity contribution in [2.75, 3.05) is 6.54 Å². The van der Waals surface area contributed by atoms with Gasteiger partial charge in [0.1, 0.15) is 0 Å². The van der Waals surface area contributed by atoms with Gasteiger partial charge in [0.2, 0.25) is 0 Å². The molecule has 0 aromatic carbocycles. The summed E-state index contributed by atoms with van der Waals surface area (Å²) in [5, 5.41) is 17.1. The van der Waals surface area contributed by atoms with E-state index in [0.717, 1.165) is 25.0 Å². The van der Waals surface area contributed by atoms with Crippen LogP contribution in [0.3, 0.4) is 0 Å². The second-order valence-electron chi connectivity index (χ2n) is 6.44. The minimum Gasteiger partial charge on any atom is -0.391 e. The molecule has 1 fully saturated rings. The molecule has 2 N–H and O–H groups in total. The number of carbonyl (C=O) groups is 1. The SMILES string of the molecule is CCC(C)n1ncc(C(=O)NCC(O)C(C)C)c1C1CC1. The molecule has 1 aromatic heterocycles. The van der Waals surface area contributed by atoms with Crippen LogP contribution in [0.25, 0.3) is 0 Å². The lowest BCUT2D eigenvalue weighted by Gasteiger charge is -2.16. The van der Waals surface area contributed by atoms with E-state index in [1.165, 1.54) is 0 Å². The van der Waals surface area contributed by atoms with E-state index in [2.05, 4.69) is 24.3 Å². The molecule has 1 aliphatic rings. The molecular formula is C16H27N3O2. The molecule has 0 bridgehead atoms. The number of aromatic nitrogens is 2. The molecule has 2 rings (SSSR count). The maximum atomic E-state index is 12.4. The van der Waals surface area contributed by atoms with Gasteiger partial charge in [0.15, 0.2) is 0 Å². The molecule has 1 amide bonds. The van der Waals surface area contributed by atoms with Crippen LogP contribution < -0.4 is 5.32 Å². The Morgan fingerprint density at radius 2 is 2.14 bits per heavy atom. The van der Waals surface area contributed by atoms with Gasteiger partial charge in [-0.1, -0.05) is 20.8 Å². The quantitative estimate of drug-likeness (QED) is 0.811. The second-order valence-corrected chi connectivity index (χ2v) is 6.44. The molecule has 118 valence electrons. The van der Waals surface area contributed by atoms with Crippen LogP contribution in [0.4, 0.5) is 0 Å². The lowest BCUT2D eigenvalue weighted by atomic mass is 10.1. The fraction of sp³-hybridized carbons (Fsp3) is 0.750. The van der Waals surface area contributed by atoms with Crippen LogP contribution in [0.1, 0.15) is 75.0 Å². The second kappa shape index (κ2) is 6.60. The number of rotatable bonds is 7. The molecule has 0 radical (unpaired) electrons. The van der Waals surface area contributed by atoms with Crippen molar-refractivity contribution in [3.05, 3.63) is 17.5 Å². The molecule has 5 heteroatoms. The Hall–Kier alpha value is -1.36. The van der Waals surface area contributed by atoms with Crippen LogP contribution in [-0.2, 0) is 0 Å². The van der Waals surface area contributed by atoms with E-state index < -0.39 is 6.10 Å². The zero-order valence-electron chi connectivity index (χ0n) is 13.5. The molecule has 1 aliphatic carbocycles. The average Bonchev–Trinajstić information content (AvgIpc) is 3.21. The Labute approximate surface area is 126 Å². The fourth-order valence-corrected chi connectivity index (χ4v) is 2.36. The molecule has 2 atom stereocenters. The molecule has 1 saturated carbocycles. The number of hydrogen-bond acceptors (Lipinski definition) is 3. The molecule has 1 aromatic rings. The Morgan fingerprint density at radius 3 is 2.67 bits per heavy atom. The Kier molecular flexibility index (Phi) is 5.04. The predicted octanol–water partition coefficient (Wildman–Crippen LogP) is 2.48. The summed E-state index contributed by atoms with van der Waals surface area (Å²) in [5.74, 6) is 0.486. The van der Waals surface area contributed by atoms with Crippen molar-refractivity contribution in [1.82, 2.24) is 15.1 Å². The third kappa shape index (κ3) is 3.64. The van der Waals surface area contributed by atoms with Gasteiger partial charge in [-0.15, -0.1) is 0 Å². The lowest BCUT2D eigenvalue weighted by molar-refractivity contribution is 0.0870. The first-order chi connectivity index (χ1) is 9.95. The normalized spacial score (nSPS) is 17.8. The standard InChI is InChI=1S/C16H27N3O2/c1-5-11(4)19-15(12-6-7-12)13(8-18-19)16(21)17-9-14(20)10(2)3/h8,10-12,14,20H,5-7,9H2,1-4H3,(H,17,21). The van der Waals surface area contributed by atoms with Gasteiger partial charge in [-0.05, 0) is 32.1 Å². The molecule has 21 heavy (non-hydrogen) atoms. The minimum atomic E-state index is -0.511. The van der Waals surface area contributed by atoms with Gasteiger partial charge in [0.25, 0.3) is 5.91 Å². The summed E-state index contributed by atoms with van der Waals surface area (Å²) in [5.41, 5.74) is 1.75. The van der Waals surface area contributed by atoms with Crippen molar-refractivity contribution in [1.29, 1.82) is 0 Å². The molecule has 0 aliphatic heterocycles. The van der Waals surface area contributed by atoms with Crippen LogP contribution in [0.2, 0.25) is 0 Å². The zero-order valence-corrected chi connectivity index (χ0v) is 13.5. The number of amides is 1. The van der Waals surface area contributed by atoms with Gasteiger partial charge in [-0.3, -0.25) is 9.48 Å². The zero-order chi connectivity index (χ0) is 15.6. The first-order valence-corrected chi connectivity index (χ1v) is 7.99.